The van der Waals surface area contributed by atoms with Crippen LogP contribution in [0.4, 0.5) is 0 Å². The van der Waals surface area contributed by atoms with Crippen LogP contribution in [0.15, 0.2) is 24.3 Å². The average Bonchev–Trinajstić information content (AvgIpc) is 3.22. The highest BCUT2D eigenvalue weighted by atomic mass is 16.5. The Morgan fingerprint density at radius 3 is 2.35 bits per heavy atom. The summed E-state index contributed by atoms with van der Waals surface area (Å²) in [5.41, 5.74) is 0.753. The van der Waals surface area contributed by atoms with E-state index in [4.69, 9.17) is 4.74 Å². The molecule has 0 saturated heterocycles. The molecule has 3 atom stereocenters. The lowest BCUT2D eigenvalue weighted by atomic mass is 9.86. The van der Waals surface area contributed by atoms with Gasteiger partial charge in [-0.1, -0.05) is 18.6 Å². The summed E-state index contributed by atoms with van der Waals surface area (Å²) in [6, 6.07) is 6.67. The van der Waals surface area contributed by atoms with E-state index in [9.17, 15) is 14.4 Å². The smallest absolute Gasteiger partial charge is 0.307 e. The number of ether oxygens (including phenoxy) is 1. The van der Waals surface area contributed by atoms with Crippen molar-refractivity contribution in [2.75, 3.05) is 6.73 Å². The van der Waals surface area contributed by atoms with Gasteiger partial charge in [-0.2, -0.15) is 0 Å². The number of imide groups is 1. The molecular formula is C18H19NO4. The number of hydrogen-bond acceptors (Lipinski definition) is 4. The summed E-state index contributed by atoms with van der Waals surface area (Å²) in [6.45, 7) is -0.286. The highest BCUT2D eigenvalue weighted by Crippen LogP contribution is 2.49. The average molecular weight is 313 g/mol. The van der Waals surface area contributed by atoms with E-state index in [1.807, 2.05) is 0 Å². The summed E-state index contributed by atoms with van der Waals surface area (Å²) in [5, 5.41) is 0. The first kappa shape index (κ1) is 14.4. The van der Waals surface area contributed by atoms with Crippen LogP contribution in [0, 0.1) is 17.8 Å². The van der Waals surface area contributed by atoms with Gasteiger partial charge >= 0.3 is 5.97 Å². The van der Waals surface area contributed by atoms with E-state index >= 15 is 0 Å². The topological polar surface area (TPSA) is 63.7 Å². The largest absolute Gasteiger partial charge is 0.444 e. The predicted molar refractivity (Wildman–Crippen MR) is 81.5 cm³/mol. The summed E-state index contributed by atoms with van der Waals surface area (Å²) < 4.78 is 5.21. The molecule has 0 unspecified atom stereocenters. The fourth-order valence-electron chi connectivity index (χ4n) is 4.39. The molecular weight excluding hydrogens is 294 g/mol. The maximum Gasteiger partial charge on any atom is 0.307 e. The molecule has 2 amide bonds. The molecule has 3 aliphatic rings. The molecule has 5 heteroatoms. The molecule has 2 bridgehead atoms. The highest BCUT2D eigenvalue weighted by molar-refractivity contribution is 6.21. The Morgan fingerprint density at radius 2 is 1.78 bits per heavy atom. The molecule has 1 aromatic carbocycles. The summed E-state index contributed by atoms with van der Waals surface area (Å²) in [5.74, 6) is 0.778. The van der Waals surface area contributed by atoms with Gasteiger partial charge in [0, 0.05) is 6.42 Å². The third kappa shape index (κ3) is 2.44. The van der Waals surface area contributed by atoms with Crippen LogP contribution in [-0.4, -0.2) is 29.4 Å². The van der Waals surface area contributed by atoms with Crippen LogP contribution in [0.1, 0.15) is 52.8 Å². The summed E-state index contributed by atoms with van der Waals surface area (Å²) in [7, 11) is 0. The Labute approximate surface area is 134 Å². The molecule has 0 radical (unpaired) electrons. The minimum absolute atomic E-state index is 0.286. The summed E-state index contributed by atoms with van der Waals surface area (Å²) in [4.78, 5) is 37.4. The third-order valence-electron chi connectivity index (χ3n) is 5.55. The molecule has 5 nitrogen and oxygen atoms in total. The Hall–Kier alpha value is -2.17. The van der Waals surface area contributed by atoms with Crippen molar-refractivity contribution in [1.82, 2.24) is 4.90 Å². The van der Waals surface area contributed by atoms with E-state index < -0.39 is 11.8 Å². The zero-order chi connectivity index (χ0) is 16.0. The van der Waals surface area contributed by atoms with Crippen LogP contribution in [0.3, 0.4) is 0 Å². The maximum atomic E-state index is 12.2. The highest BCUT2D eigenvalue weighted by Gasteiger charge is 2.41. The van der Waals surface area contributed by atoms with Crippen LogP contribution in [0.2, 0.25) is 0 Å². The lowest BCUT2D eigenvalue weighted by molar-refractivity contribution is -0.147. The number of rotatable bonds is 4. The second-order valence-electron chi connectivity index (χ2n) is 6.87. The predicted octanol–water partition coefficient (Wildman–Crippen LogP) is 2.61. The Balaban J connectivity index is 1.34. The van der Waals surface area contributed by atoms with E-state index in [-0.39, 0.29) is 12.7 Å². The van der Waals surface area contributed by atoms with Crippen LogP contribution in [0.25, 0.3) is 0 Å². The first-order chi connectivity index (χ1) is 11.1. The molecule has 0 aromatic heterocycles. The molecule has 4 rings (SSSR count). The molecule has 1 aromatic rings. The van der Waals surface area contributed by atoms with Crippen molar-refractivity contribution in [3.63, 3.8) is 0 Å². The quantitative estimate of drug-likeness (QED) is 0.633. The van der Waals surface area contributed by atoms with Crippen LogP contribution in [0.5, 0.6) is 0 Å². The minimum atomic E-state index is -0.390. The van der Waals surface area contributed by atoms with Gasteiger partial charge in [-0.15, -0.1) is 0 Å². The van der Waals surface area contributed by atoms with Gasteiger partial charge in [-0.3, -0.25) is 14.4 Å². The first-order valence-electron chi connectivity index (χ1n) is 8.24. The molecule has 23 heavy (non-hydrogen) atoms. The van der Waals surface area contributed by atoms with Gasteiger partial charge in [0.25, 0.3) is 11.8 Å². The number of amides is 2. The van der Waals surface area contributed by atoms with Gasteiger partial charge in [-0.25, -0.2) is 4.90 Å². The fraction of sp³-hybridized carbons (Fsp3) is 0.500. The van der Waals surface area contributed by atoms with E-state index in [1.165, 1.54) is 19.3 Å². The second kappa shape index (κ2) is 5.48. The van der Waals surface area contributed by atoms with Gasteiger partial charge in [-0.05, 0) is 49.1 Å². The second-order valence-corrected chi connectivity index (χ2v) is 6.87. The van der Waals surface area contributed by atoms with Gasteiger partial charge in [0.15, 0.2) is 6.73 Å². The molecule has 1 aliphatic heterocycles. The number of fused-ring (bicyclic) bond motifs is 3. The number of hydrogen-bond donors (Lipinski definition) is 0. The van der Waals surface area contributed by atoms with Crippen molar-refractivity contribution in [3.05, 3.63) is 35.4 Å². The number of esters is 1. The molecule has 2 aliphatic carbocycles. The van der Waals surface area contributed by atoms with E-state index in [0.717, 1.165) is 17.2 Å². The van der Waals surface area contributed by atoms with Crippen LogP contribution in [-0.2, 0) is 9.53 Å². The molecule has 120 valence electrons. The number of carbonyl (C=O) groups is 3. The lowest BCUT2D eigenvalue weighted by Crippen LogP contribution is -2.33. The summed E-state index contributed by atoms with van der Waals surface area (Å²) >= 11 is 0. The van der Waals surface area contributed by atoms with E-state index in [1.54, 1.807) is 24.3 Å². The molecule has 2 saturated carbocycles. The Kier molecular flexibility index (Phi) is 3.43. The van der Waals surface area contributed by atoms with Gasteiger partial charge in [0.05, 0.1) is 11.1 Å². The normalized spacial score (nSPS) is 28.3. The summed E-state index contributed by atoms with van der Waals surface area (Å²) in [6.07, 6.45) is 5.29. The zero-order valence-electron chi connectivity index (χ0n) is 12.9. The molecule has 0 spiro atoms. The molecule has 1 heterocycles. The minimum Gasteiger partial charge on any atom is -0.444 e. The number of carbonyl (C=O) groups excluding carboxylic acids is 3. The molecule has 0 N–H and O–H groups in total. The van der Waals surface area contributed by atoms with Crippen molar-refractivity contribution in [2.24, 2.45) is 17.8 Å². The standard InChI is InChI=1S/C18H19NO4/c20-16(9-13-8-11-5-6-12(13)7-11)23-10-19-17(21)14-3-1-2-4-15(14)18(19)22/h1-4,11-13H,5-10H2/t11-,12-,13-/m1/s1. The van der Waals surface area contributed by atoms with Gasteiger partial charge in [0.1, 0.15) is 0 Å². The van der Waals surface area contributed by atoms with E-state index in [2.05, 4.69) is 0 Å². The Bertz CT molecular complexity index is 648. The number of benzene rings is 1. The fourth-order valence-corrected chi connectivity index (χ4v) is 4.39. The lowest BCUT2D eigenvalue weighted by Gasteiger charge is -2.21. The third-order valence-corrected chi connectivity index (χ3v) is 5.55. The number of nitrogens with zero attached hydrogens (tertiary/aromatic N) is 1. The van der Waals surface area contributed by atoms with Crippen LogP contribution >= 0.6 is 0 Å². The van der Waals surface area contributed by atoms with Crippen molar-refractivity contribution in [3.8, 4) is 0 Å². The first-order valence-corrected chi connectivity index (χ1v) is 8.24. The van der Waals surface area contributed by atoms with Crippen LogP contribution < -0.4 is 0 Å². The Morgan fingerprint density at radius 1 is 1.09 bits per heavy atom. The monoisotopic (exact) mass is 313 g/mol. The van der Waals surface area contributed by atoms with Crippen molar-refractivity contribution in [1.29, 1.82) is 0 Å². The SMILES string of the molecule is O=C(C[C@H]1C[C@@H]2CC[C@@H]1C2)OCN1C(=O)c2ccccc2C1=O. The zero-order valence-corrected chi connectivity index (χ0v) is 12.9. The van der Waals surface area contributed by atoms with Crippen molar-refractivity contribution < 1.29 is 19.1 Å². The maximum absolute atomic E-state index is 12.2. The van der Waals surface area contributed by atoms with Gasteiger partial charge < -0.3 is 4.74 Å². The van der Waals surface area contributed by atoms with Crippen molar-refractivity contribution >= 4 is 17.8 Å². The van der Waals surface area contributed by atoms with E-state index in [0.29, 0.717) is 29.4 Å². The van der Waals surface area contributed by atoms with Crippen molar-refractivity contribution in [2.45, 2.75) is 32.1 Å². The van der Waals surface area contributed by atoms with Gasteiger partial charge in [0.2, 0.25) is 0 Å². The molecule has 2 fully saturated rings.